The molecule has 0 aromatic carbocycles. The maximum absolute atomic E-state index is 9.41. The summed E-state index contributed by atoms with van der Waals surface area (Å²) in [4.78, 5) is 2.32. The van der Waals surface area contributed by atoms with Crippen molar-refractivity contribution in [2.24, 2.45) is 11.7 Å². The van der Waals surface area contributed by atoms with Crippen molar-refractivity contribution in [2.75, 3.05) is 26.2 Å². The molecule has 2 unspecified atom stereocenters. The molecule has 1 aliphatic heterocycles. The first kappa shape index (κ1) is 8.97. The molecule has 0 bridgehead atoms. The van der Waals surface area contributed by atoms with Gasteiger partial charge in [-0.05, 0) is 12.3 Å². The summed E-state index contributed by atoms with van der Waals surface area (Å²) in [6, 6.07) is 0. The Morgan fingerprint density at radius 2 is 2.36 bits per heavy atom. The highest BCUT2D eigenvalue weighted by atomic mass is 16.3. The summed E-state index contributed by atoms with van der Waals surface area (Å²) in [5.74, 6) is 0.412. The van der Waals surface area contributed by atoms with E-state index in [1.54, 1.807) is 0 Å². The van der Waals surface area contributed by atoms with Crippen molar-refractivity contribution in [2.45, 2.75) is 19.4 Å². The quantitative estimate of drug-likeness (QED) is 0.577. The Hall–Kier alpha value is -0.120. The van der Waals surface area contributed by atoms with Crippen LogP contribution >= 0.6 is 0 Å². The normalized spacial score (nSPS) is 34.1. The van der Waals surface area contributed by atoms with Crippen molar-refractivity contribution < 1.29 is 5.11 Å². The van der Waals surface area contributed by atoms with Crippen molar-refractivity contribution in [3.63, 3.8) is 0 Å². The van der Waals surface area contributed by atoms with Crippen LogP contribution in [0.5, 0.6) is 0 Å². The number of nitrogens with two attached hydrogens (primary N) is 1. The van der Waals surface area contributed by atoms with Crippen LogP contribution in [0.1, 0.15) is 13.3 Å². The number of piperidine rings is 1. The molecule has 0 radical (unpaired) electrons. The molecule has 1 heterocycles. The van der Waals surface area contributed by atoms with Gasteiger partial charge in [0.05, 0.1) is 6.10 Å². The lowest BCUT2D eigenvalue weighted by atomic mass is 9.97. The highest BCUT2D eigenvalue weighted by Gasteiger charge is 2.22. The Morgan fingerprint density at radius 1 is 1.64 bits per heavy atom. The predicted molar refractivity (Wildman–Crippen MR) is 45.3 cm³/mol. The molecule has 0 spiro atoms. The zero-order valence-electron chi connectivity index (χ0n) is 7.16. The average Bonchev–Trinajstić information content (AvgIpc) is 1.98. The van der Waals surface area contributed by atoms with E-state index in [0.717, 1.165) is 32.6 Å². The van der Waals surface area contributed by atoms with Gasteiger partial charge in [0.2, 0.25) is 0 Å². The molecule has 66 valence electrons. The van der Waals surface area contributed by atoms with Gasteiger partial charge in [-0.3, -0.25) is 0 Å². The monoisotopic (exact) mass is 158 g/mol. The van der Waals surface area contributed by atoms with E-state index in [1.165, 1.54) is 0 Å². The van der Waals surface area contributed by atoms with E-state index in [1.807, 2.05) is 0 Å². The third-order valence-corrected chi connectivity index (χ3v) is 2.39. The second-order valence-corrected chi connectivity index (χ2v) is 3.42. The van der Waals surface area contributed by atoms with Crippen molar-refractivity contribution >= 4 is 0 Å². The van der Waals surface area contributed by atoms with Gasteiger partial charge < -0.3 is 15.7 Å². The Labute approximate surface area is 68.2 Å². The Bertz CT molecular complexity index is 119. The van der Waals surface area contributed by atoms with Gasteiger partial charge in [0.25, 0.3) is 0 Å². The summed E-state index contributed by atoms with van der Waals surface area (Å²) in [7, 11) is 0. The number of hydrogen-bond acceptors (Lipinski definition) is 3. The fourth-order valence-corrected chi connectivity index (χ4v) is 1.61. The molecule has 0 amide bonds. The molecule has 1 rings (SSSR count). The summed E-state index contributed by atoms with van der Waals surface area (Å²) in [6.07, 6.45) is 0.810. The minimum absolute atomic E-state index is 0.0935. The topological polar surface area (TPSA) is 49.5 Å². The number of rotatable bonds is 2. The summed E-state index contributed by atoms with van der Waals surface area (Å²) < 4.78 is 0. The molecule has 11 heavy (non-hydrogen) atoms. The molecule has 0 aliphatic carbocycles. The molecule has 0 aromatic heterocycles. The van der Waals surface area contributed by atoms with Gasteiger partial charge in [-0.15, -0.1) is 0 Å². The Balaban J connectivity index is 2.28. The fourth-order valence-electron chi connectivity index (χ4n) is 1.61. The summed E-state index contributed by atoms with van der Waals surface area (Å²) in [5, 5.41) is 9.41. The summed E-state index contributed by atoms with van der Waals surface area (Å²) in [5.41, 5.74) is 5.44. The number of aliphatic hydroxyl groups is 1. The molecule has 3 N–H and O–H groups in total. The molecule has 3 heteroatoms. The standard InChI is InChI=1S/C8H18N2O/c1-7-6-10(5-3-9)4-2-8(7)11/h7-8,11H,2-6,9H2,1H3. The minimum atomic E-state index is -0.0935. The fraction of sp³-hybridized carbons (Fsp3) is 1.00. The smallest absolute Gasteiger partial charge is 0.0590 e. The first-order valence-electron chi connectivity index (χ1n) is 4.34. The van der Waals surface area contributed by atoms with E-state index in [-0.39, 0.29) is 6.10 Å². The van der Waals surface area contributed by atoms with Crippen molar-refractivity contribution in [1.29, 1.82) is 0 Å². The maximum atomic E-state index is 9.41. The van der Waals surface area contributed by atoms with E-state index in [9.17, 15) is 5.11 Å². The van der Waals surface area contributed by atoms with Crippen molar-refractivity contribution in [1.82, 2.24) is 4.90 Å². The Kier molecular flexibility index (Phi) is 3.30. The van der Waals surface area contributed by atoms with E-state index in [2.05, 4.69) is 11.8 Å². The second kappa shape index (κ2) is 4.04. The lowest BCUT2D eigenvalue weighted by Crippen LogP contribution is -2.43. The van der Waals surface area contributed by atoms with Crippen LogP contribution < -0.4 is 5.73 Å². The zero-order chi connectivity index (χ0) is 8.27. The first-order chi connectivity index (χ1) is 5.24. The van der Waals surface area contributed by atoms with E-state index >= 15 is 0 Å². The van der Waals surface area contributed by atoms with Gasteiger partial charge in [-0.25, -0.2) is 0 Å². The van der Waals surface area contributed by atoms with Gasteiger partial charge in [0, 0.05) is 26.2 Å². The molecular formula is C8H18N2O. The van der Waals surface area contributed by atoms with Crippen molar-refractivity contribution in [3.8, 4) is 0 Å². The molecule has 0 aromatic rings. The van der Waals surface area contributed by atoms with Crippen LogP contribution in [0.4, 0.5) is 0 Å². The summed E-state index contributed by atoms with van der Waals surface area (Å²) in [6.45, 7) is 5.79. The van der Waals surface area contributed by atoms with Crippen LogP contribution in [0.2, 0.25) is 0 Å². The van der Waals surface area contributed by atoms with E-state index in [4.69, 9.17) is 5.73 Å². The third kappa shape index (κ3) is 2.43. The van der Waals surface area contributed by atoms with Gasteiger partial charge >= 0.3 is 0 Å². The van der Waals surface area contributed by atoms with Gasteiger partial charge in [0.15, 0.2) is 0 Å². The van der Waals surface area contributed by atoms with E-state index < -0.39 is 0 Å². The van der Waals surface area contributed by atoms with Crippen molar-refractivity contribution in [3.05, 3.63) is 0 Å². The molecule has 1 fully saturated rings. The maximum Gasteiger partial charge on any atom is 0.0590 e. The van der Waals surface area contributed by atoms with Gasteiger partial charge in [-0.2, -0.15) is 0 Å². The lowest BCUT2D eigenvalue weighted by molar-refractivity contribution is 0.0363. The number of hydrogen-bond donors (Lipinski definition) is 2. The highest BCUT2D eigenvalue weighted by molar-refractivity contribution is 4.76. The minimum Gasteiger partial charge on any atom is -0.393 e. The van der Waals surface area contributed by atoms with Crippen LogP contribution in [0.25, 0.3) is 0 Å². The van der Waals surface area contributed by atoms with Crippen LogP contribution in [-0.4, -0.2) is 42.3 Å². The number of aliphatic hydroxyl groups excluding tert-OH is 1. The van der Waals surface area contributed by atoms with Crippen LogP contribution in [0.15, 0.2) is 0 Å². The predicted octanol–water partition coefficient (Wildman–Crippen LogP) is -0.352. The molecule has 0 saturated carbocycles. The highest BCUT2D eigenvalue weighted by Crippen LogP contribution is 2.15. The largest absolute Gasteiger partial charge is 0.393 e. The average molecular weight is 158 g/mol. The number of likely N-dealkylation sites (tertiary alicyclic amines) is 1. The van der Waals surface area contributed by atoms with Gasteiger partial charge in [-0.1, -0.05) is 6.92 Å². The molecule has 1 aliphatic rings. The lowest BCUT2D eigenvalue weighted by Gasteiger charge is -2.33. The molecule has 2 atom stereocenters. The number of nitrogens with zero attached hydrogens (tertiary/aromatic N) is 1. The third-order valence-electron chi connectivity index (χ3n) is 2.39. The molecule has 3 nitrogen and oxygen atoms in total. The van der Waals surface area contributed by atoms with Crippen LogP contribution in [0.3, 0.4) is 0 Å². The summed E-state index contributed by atoms with van der Waals surface area (Å²) >= 11 is 0. The SMILES string of the molecule is CC1CN(CCN)CCC1O. The Morgan fingerprint density at radius 3 is 2.91 bits per heavy atom. The molecular weight excluding hydrogens is 140 g/mol. The van der Waals surface area contributed by atoms with Crippen LogP contribution in [-0.2, 0) is 0 Å². The molecule has 1 saturated heterocycles. The zero-order valence-corrected chi connectivity index (χ0v) is 7.16. The second-order valence-electron chi connectivity index (χ2n) is 3.42. The first-order valence-corrected chi connectivity index (χ1v) is 4.34. The van der Waals surface area contributed by atoms with E-state index in [0.29, 0.717) is 5.92 Å². The van der Waals surface area contributed by atoms with Gasteiger partial charge in [0.1, 0.15) is 0 Å². The van der Waals surface area contributed by atoms with Crippen LogP contribution in [0, 0.1) is 5.92 Å².